The van der Waals surface area contributed by atoms with E-state index in [1.54, 1.807) is 4.57 Å². The molecule has 1 amide bonds. The Morgan fingerprint density at radius 2 is 2.11 bits per heavy atom. The predicted molar refractivity (Wildman–Crippen MR) is 105 cm³/mol. The van der Waals surface area contributed by atoms with Gasteiger partial charge in [-0.3, -0.25) is 18.7 Å². The fraction of sp³-hybridized carbons (Fsp3) is 0.737. The van der Waals surface area contributed by atoms with E-state index in [1.807, 2.05) is 25.7 Å². The molecule has 1 atom stereocenters. The highest BCUT2D eigenvalue weighted by atomic mass is 16.5. The number of hydrogen-bond donors (Lipinski definition) is 1. The molecule has 1 unspecified atom stereocenters. The van der Waals surface area contributed by atoms with Gasteiger partial charge >= 0.3 is 5.69 Å². The summed E-state index contributed by atoms with van der Waals surface area (Å²) in [6, 6.07) is 1.49. The van der Waals surface area contributed by atoms with Gasteiger partial charge in [-0.2, -0.15) is 0 Å². The highest BCUT2D eigenvalue weighted by Crippen LogP contribution is 2.22. The van der Waals surface area contributed by atoms with Crippen LogP contribution in [0.15, 0.2) is 15.7 Å². The first-order valence-corrected chi connectivity index (χ1v) is 9.80. The Labute approximate surface area is 160 Å². The molecule has 0 aliphatic carbocycles. The molecule has 1 aliphatic heterocycles. The lowest BCUT2D eigenvalue weighted by Gasteiger charge is -2.34. The third-order valence-electron chi connectivity index (χ3n) is 4.88. The summed E-state index contributed by atoms with van der Waals surface area (Å²) >= 11 is 0. The molecule has 1 aromatic rings. The van der Waals surface area contributed by atoms with Crippen LogP contribution in [0.4, 0.5) is 5.82 Å². The molecule has 27 heavy (non-hydrogen) atoms. The van der Waals surface area contributed by atoms with Crippen LogP contribution < -0.4 is 21.5 Å². The molecule has 1 saturated heterocycles. The van der Waals surface area contributed by atoms with Crippen molar-refractivity contribution in [1.82, 2.24) is 14.5 Å². The highest BCUT2D eigenvalue weighted by Gasteiger charge is 2.27. The summed E-state index contributed by atoms with van der Waals surface area (Å²) in [6.45, 7) is 8.80. The van der Waals surface area contributed by atoms with Crippen LogP contribution in [0, 0.1) is 5.92 Å². The normalized spacial score (nSPS) is 17.4. The minimum absolute atomic E-state index is 0.0264. The summed E-state index contributed by atoms with van der Waals surface area (Å²) in [5, 5.41) is 2.98. The number of carbonyl (C=O) groups is 1. The molecule has 0 aromatic carbocycles. The first kappa shape index (κ1) is 21.2. The maximum absolute atomic E-state index is 12.5. The lowest BCUT2D eigenvalue weighted by molar-refractivity contribution is -0.125. The van der Waals surface area contributed by atoms with Gasteiger partial charge in [0.25, 0.3) is 5.56 Å². The minimum atomic E-state index is -0.323. The van der Waals surface area contributed by atoms with Gasteiger partial charge in [-0.1, -0.05) is 0 Å². The van der Waals surface area contributed by atoms with Crippen molar-refractivity contribution in [3.8, 4) is 0 Å². The second-order valence-electron chi connectivity index (χ2n) is 7.28. The Kier molecular flexibility index (Phi) is 7.65. The van der Waals surface area contributed by atoms with Crippen molar-refractivity contribution >= 4 is 11.7 Å². The van der Waals surface area contributed by atoms with Crippen LogP contribution in [0.3, 0.4) is 0 Å². The zero-order valence-electron chi connectivity index (χ0n) is 16.9. The van der Waals surface area contributed by atoms with E-state index in [2.05, 4.69) is 5.32 Å². The Bertz CT molecular complexity index is 753. The first-order chi connectivity index (χ1) is 12.8. The summed E-state index contributed by atoms with van der Waals surface area (Å²) in [5.41, 5.74) is -0.645. The quantitative estimate of drug-likeness (QED) is 0.672. The number of ether oxygens (including phenoxy) is 1. The van der Waals surface area contributed by atoms with Crippen molar-refractivity contribution in [3.63, 3.8) is 0 Å². The lowest BCUT2D eigenvalue weighted by Crippen LogP contribution is -2.47. The van der Waals surface area contributed by atoms with Crippen LogP contribution in [0.2, 0.25) is 0 Å². The van der Waals surface area contributed by atoms with Crippen molar-refractivity contribution in [2.45, 2.75) is 52.7 Å². The second kappa shape index (κ2) is 9.73. The first-order valence-electron chi connectivity index (χ1n) is 9.80. The van der Waals surface area contributed by atoms with Gasteiger partial charge in [-0.05, 0) is 40.0 Å². The van der Waals surface area contributed by atoms with Crippen LogP contribution in [-0.2, 0) is 23.1 Å². The summed E-state index contributed by atoms with van der Waals surface area (Å²) in [7, 11) is 1.48. The third kappa shape index (κ3) is 5.45. The molecule has 1 N–H and O–H groups in total. The van der Waals surface area contributed by atoms with E-state index in [0.717, 1.165) is 30.4 Å². The lowest BCUT2D eigenvalue weighted by atomic mass is 9.97. The molecule has 0 spiro atoms. The van der Waals surface area contributed by atoms with E-state index in [-0.39, 0.29) is 29.2 Å². The Morgan fingerprint density at radius 1 is 1.37 bits per heavy atom. The zero-order valence-corrected chi connectivity index (χ0v) is 16.9. The average Bonchev–Trinajstić information content (AvgIpc) is 2.65. The van der Waals surface area contributed by atoms with Gasteiger partial charge in [0.15, 0.2) is 0 Å². The molecule has 2 rings (SSSR count). The average molecular weight is 380 g/mol. The van der Waals surface area contributed by atoms with Gasteiger partial charge in [0, 0.05) is 45.9 Å². The van der Waals surface area contributed by atoms with Gasteiger partial charge in [0.2, 0.25) is 5.91 Å². The van der Waals surface area contributed by atoms with E-state index in [1.165, 1.54) is 13.1 Å². The van der Waals surface area contributed by atoms with Gasteiger partial charge in [-0.15, -0.1) is 0 Å². The van der Waals surface area contributed by atoms with Crippen molar-refractivity contribution in [3.05, 3.63) is 26.9 Å². The summed E-state index contributed by atoms with van der Waals surface area (Å²) < 4.78 is 8.18. The largest absolute Gasteiger partial charge is 0.379 e. The fourth-order valence-electron chi connectivity index (χ4n) is 3.36. The number of rotatable bonds is 8. The van der Waals surface area contributed by atoms with Crippen molar-refractivity contribution in [1.29, 1.82) is 0 Å². The van der Waals surface area contributed by atoms with E-state index < -0.39 is 0 Å². The molecule has 1 fully saturated rings. The molecule has 8 heteroatoms. The monoisotopic (exact) mass is 380 g/mol. The van der Waals surface area contributed by atoms with Crippen LogP contribution in [0.5, 0.6) is 0 Å². The van der Waals surface area contributed by atoms with E-state index in [9.17, 15) is 14.4 Å². The number of anilines is 1. The number of nitrogens with one attached hydrogen (secondary N) is 1. The number of nitrogens with zero attached hydrogens (tertiary/aromatic N) is 3. The van der Waals surface area contributed by atoms with E-state index in [4.69, 9.17) is 4.74 Å². The smallest absolute Gasteiger partial charge is 0.332 e. The van der Waals surface area contributed by atoms with Crippen LogP contribution in [0.25, 0.3) is 0 Å². The summed E-state index contributed by atoms with van der Waals surface area (Å²) in [6.07, 6.45) is 2.64. The van der Waals surface area contributed by atoms with E-state index in [0.29, 0.717) is 32.1 Å². The standard InChI is InChI=1S/C19H32N4O4/c1-5-23-16(12-17(24)21(4)19(23)26)22-10-6-8-15(13-22)18(25)20-9-7-11-27-14(2)3/h12,14-15H,5-11,13H2,1-4H3,(H,20,25). The molecule has 0 radical (unpaired) electrons. The predicted octanol–water partition coefficient (Wildman–Crippen LogP) is 0.715. The maximum Gasteiger partial charge on any atom is 0.332 e. The van der Waals surface area contributed by atoms with Gasteiger partial charge < -0.3 is 15.0 Å². The number of piperidine rings is 1. The van der Waals surface area contributed by atoms with Gasteiger partial charge in [0.05, 0.1) is 12.0 Å². The van der Waals surface area contributed by atoms with E-state index >= 15 is 0 Å². The molecular formula is C19H32N4O4. The Morgan fingerprint density at radius 3 is 2.78 bits per heavy atom. The maximum atomic E-state index is 12.5. The van der Waals surface area contributed by atoms with Crippen molar-refractivity contribution in [2.24, 2.45) is 13.0 Å². The summed E-state index contributed by atoms with van der Waals surface area (Å²) in [4.78, 5) is 38.9. The number of carbonyl (C=O) groups excluding carboxylic acids is 1. The van der Waals surface area contributed by atoms with Gasteiger partial charge in [-0.25, -0.2) is 4.79 Å². The zero-order chi connectivity index (χ0) is 20.0. The topological polar surface area (TPSA) is 85.6 Å². The summed E-state index contributed by atoms with van der Waals surface area (Å²) in [5.74, 6) is 0.487. The van der Waals surface area contributed by atoms with Crippen molar-refractivity contribution < 1.29 is 9.53 Å². The minimum Gasteiger partial charge on any atom is -0.379 e. The molecule has 2 heterocycles. The Hall–Kier alpha value is -2.09. The molecule has 0 bridgehead atoms. The third-order valence-corrected chi connectivity index (χ3v) is 4.88. The number of amides is 1. The molecule has 1 aliphatic rings. The highest BCUT2D eigenvalue weighted by molar-refractivity contribution is 5.79. The Balaban J connectivity index is 2.01. The van der Waals surface area contributed by atoms with Crippen LogP contribution >= 0.6 is 0 Å². The number of hydrogen-bond acceptors (Lipinski definition) is 5. The number of aromatic nitrogens is 2. The fourth-order valence-corrected chi connectivity index (χ4v) is 3.36. The second-order valence-corrected chi connectivity index (χ2v) is 7.28. The van der Waals surface area contributed by atoms with Crippen LogP contribution in [-0.4, -0.2) is 47.4 Å². The molecular weight excluding hydrogens is 348 g/mol. The molecule has 0 saturated carbocycles. The molecule has 152 valence electrons. The SMILES string of the molecule is CCn1c(N2CCCC(C(=O)NCCCOC(C)C)C2)cc(=O)n(C)c1=O. The van der Waals surface area contributed by atoms with Gasteiger partial charge in [0.1, 0.15) is 5.82 Å². The molecule has 1 aromatic heterocycles. The molecule has 8 nitrogen and oxygen atoms in total. The van der Waals surface area contributed by atoms with Crippen LogP contribution in [0.1, 0.15) is 40.0 Å². The van der Waals surface area contributed by atoms with Crippen molar-refractivity contribution in [2.75, 3.05) is 31.1 Å².